The van der Waals surface area contributed by atoms with Crippen molar-refractivity contribution < 1.29 is 27.4 Å². The van der Waals surface area contributed by atoms with Gasteiger partial charge in [-0.1, -0.05) is 11.6 Å². The largest absolute Gasteiger partial charge is 0.522 e. The molecule has 8 heteroatoms. The molecule has 1 rings (SSSR count). The number of hydrogen-bond acceptors (Lipinski definition) is 4. The van der Waals surface area contributed by atoms with Gasteiger partial charge in [-0.25, -0.2) is 0 Å². The van der Waals surface area contributed by atoms with Crippen LogP contribution in [0.5, 0.6) is 11.5 Å². The quantitative estimate of drug-likeness (QED) is 0.818. The Morgan fingerprint density at radius 1 is 1.16 bits per heavy atom. The molecule has 0 heterocycles. The second-order valence-electron chi connectivity index (χ2n) is 3.41. The summed E-state index contributed by atoms with van der Waals surface area (Å²) in [6, 6.07) is 3.04. The van der Waals surface area contributed by atoms with Crippen LogP contribution in [0.4, 0.5) is 18.9 Å². The van der Waals surface area contributed by atoms with Gasteiger partial charge in [0, 0.05) is 12.6 Å². The highest BCUT2D eigenvalue weighted by Crippen LogP contribution is 2.35. The minimum Gasteiger partial charge on any atom is -0.495 e. The first kappa shape index (κ1) is 15.7. The molecule has 0 saturated carbocycles. The molecule has 0 radical (unpaired) electrons. The van der Waals surface area contributed by atoms with Crippen LogP contribution in [-0.2, 0) is 4.74 Å². The summed E-state index contributed by atoms with van der Waals surface area (Å²) in [6.07, 6.45) is -4.64. The van der Waals surface area contributed by atoms with Crippen molar-refractivity contribution in [2.45, 2.75) is 6.36 Å². The number of benzene rings is 1. The van der Waals surface area contributed by atoms with Gasteiger partial charge in [0.05, 0.1) is 31.5 Å². The van der Waals surface area contributed by atoms with Crippen molar-refractivity contribution in [1.82, 2.24) is 0 Å². The molecule has 0 aromatic heterocycles. The van der Waals surface area contributed by atoms with E-state index in [1.54, 1.807) is 0 Å². The average molecular weight is 300 g/mol. The zero-order chi connectivity index (χ0) is 14.5. The molecule has 108 valence electrons. The van der Waals surface area contributed by atoms with Gasteiger partial charge in [0.2, 0.25) is 0 Å². The van der Waals surface area contributed by atoms with E-state index in [1.165, 1.54) is 26.4 Å². The second kappa shape index (κ2) is 6.72. The molecule has 0 fully saturated rings. The minimum absolute atomic E-state index is 0.0431. The lowest BCUT2D eigenvalue weighted by Gasteiger charge is -2.14. The maximum atomic E-state index is 11.8. The lowest BCUT2D eigenvalue weighted by Crippen LogP contribution is -2.19. The number of nitrogens with one attached hydrogen (secondary N) is 1. The molecule has 0 saturated heterocycles. The molecule has 0 aliphatic rings. The standard InChI is InChI=1S/C11H13ClF3NO3/c1-17-9-6-10(18-2)8(5-7(9)12)16-3-4-19-11(13,14)15/h5-6,16H,3-4H2,1-2H3. The fraction of sp³-hybridized carbons (Fsp3) is 0.455. The molecular weight excluding hydrogens is 287 g/mol. The summed E-state index contributed by atoms with van der Waals surface area (Å²) in [6.45, 7) is -0.561. The maximum absolute atomic E-state index is 11.8. The molecule has 1 aromatic rings. The van der Waals surface area contributed by atoms with Crippen molar-refractivity contribution in [1.29, 1.82) is 0 Å². The van der Waals surface area contributed by atoms with Gasteiger partial charge in [-0.2, -0.15) is 0 Å². The van der Waals surface area contributed by atoms with Gasteiger partial charge in [0.1, 0.15) is 11.5 Å². The van der Waals surface area contributed by atoms with Crippen LogP contribution >= 0.6 is 11.6 Å². The van der Waals surface area contributed by atoms with Crippen LogP contribution in [0.2, 0.25) is 5.02 Å². The van der Waals surface area contributed by atoms with Crippen LogP contribution in [0.1, 0.15) is 0 Å². The molecule has 0 spiro atoms. The summed E-state index contributed by atoms with van der Waals surface area (Å²) in [5.41, 5.74) is 0.457. The van der Waals surface area contributed by atoms with E-state index in [0.29, 0.717) is 22.2 Å². The van der Waals surface area contributed by atoms with Crippen molar-refractivity contribution in [3.63, 3.8) is 0 Å². The molecule has 4 nitrogen and oxygen atoms in total. The fourth-order valence-corrected chi connectivity index (χ4v) is 1.59. The molecule has 1 aromatic carbocycles. The van der Waals surface area contributed by atoms with E-state index in [-0.39, 0.29) is 6.54 Å². The number of ether oxygens (including phenoxy) is 3. The third-order valence-corrected chi connectivity index (χ3v) is 2.45. The maximum Gasteiger partial charge on any atom is 0.522 e. The Labute approximate surface area is 113 Å². The molecule has 0 atom stereocenters. The molecule has 0 aliphatic carbocycles. The first-order chi connectivity index (χ1) is 8.87. The summed E-state index contributed by atoms with van der Waals surface area (Å²) >= 11 is 5.91. The number of methoxy groups -OCH3 is 2. The van der Waals surface area contributed by atoms with Crippen molar-refractivity contribution in [2.75, 3.05) is 32.7 Å². The predicted octanol–water partition coefficient (Wildman–Crippen LogP) is 3.31. The summed E-state index contributed by atoms with van der Waals surface area (Å²) in [7, 11) is 2.88. The van der Waals surface area contributed by atoms with Crippen LogP contribution in [0.3, 0.4) is 0 Å². The molecule has 0 bridgehead atoms. The van der Waals surface area contributed by atoms with Crippen LogP contribution in [0, 0.1) is 0 Å². The zero-order valence-electron chi connectivity index (χ0n) is 10.3. The normalized spacial score (nSPS) is 11.3. The Morgan fingerprint density at radius 2 is 1.79 bits per heavy atom. The number of halogens is 4. The van der Waals surface area contributed by atoms with Crippen LogP contribution in [0.25, 0.3) is 0 Å². The summed E-state index contributed by atoms with van der Waals surface area (Å²) in [5, 5.41) is 3.06. The van der Waals surface area contributed by atoms with Crippen molar-refractivity contribution in [3.05, 3.63) is 17.2 Å². The first-order valence-electron chi connectivity index (χ1n) is 5.23. The van der Waals surface area contributed by atoms with Crippen LogP contribution < -0.4 is 14.8 Å². The fourth-order valence-electron chi connectivity index (χ4n) is 1.35. The SMILES string of the molecule is COc1cc(OC)c(NCCOC(F)(F)F)cc1Cl. The Bertz CT molecular complexity index is 426. The molecule has 19 heavy (non-hydrogen) atoms. The Balaban J connectivity index is 2.65. The topological polar surface area (TPSA) is 39.7 Å². The Kier molecular flexibility index (Phi) is 5.56. The number of anilines is 1. The van der Waals surface area contributed by atoms with E-state index in [9.17, 15) is 13.2 Å². The van der Waals surface area contributed by atoms with Gasteiger partial charge in [-0.05, 0) is 6.07 Å². The molecule has 0 aliphatic heterocycles. The molecular formula is C11H13ClF3NO3. The Morgan fingerprint density at radius 3 is 2.32 bits per heavy atom. The number of rotatable bonds is 6. The van der Waals surface area contributed by atoms with Crippen LogP contribution in [0.15, 0.2) is 12.1 Å². The second-order valence-corrected chi connectivity index (χ2v) is 3.82. The zero-order valence-corrected chi connectivity index (χ0v) is 11.1. The summed E-state index contributed by atoms with van der Waals surface area (Å²) < 4.78 is 49.0. The Hall–Kier alpha value is -1.34. The first-order valence-corrected chi connectivity index (χ1v) is 5.61. The van der Waals surface area contributed by atoms with Crippen molar-refractivity contribution >= 4 is 17.3 Å². The summed E-state index contributed by atoms with van der Waals surface area (Å²) in [4.78, 5) is 0. The smallest absolute Gasteiger partial charge is 0.495 e. The third kappa shape index (κ3) is 5.04. The lowest BCUT2D eigenvalue weighted by molar-refractivity contribution is -0.322. The highest BCUT2D eigenvalue weighted by atomic mass is 35.5. The van der Waals surface area contributed by atoms with E-state index in [2.05, 4.69) is 10.1 Å². The van der Waals surface area contributed by atoms with Gasteiger partial charge in [-0.15, -0.1) is 13.2 Å². The molecule has 0 amide bonds. The van der Waals surface area contributed by atoms with E-state index >= 15 is 0 Å². The average Bonchev–Trinajstić information content (AvgIpc) is 2.33. The number of hydrogen-bond donors (Lipinski definition) is 1. The van der Waals surface area contributed by atoms with Crippen molar-refractivity contribution in [2.24, 2.45) is 0 Å². The van der Waals surface area contributed by atoms with E-state index in [4.69, 9.17) is 21.1 Å². The predicted molar refractivity (Wildman–Crippen MR) is 65.1 cm³/mol. The summed E-state index contributed by atoms with van der Waals surface area (Å²) in [5.74, 6) is 0.823. The monoisotopic (exact) mass is 299 g/mol. The third-order valence-electron chi connectivity index (χ3n) is 2.16. The van der Waals surface area contributed by atoms with Gasteiger partial charge in [0.25, 0.3) is 0 Å². The highest BCUT2D eigenvalue weighted by molar-refractivity contribution is 6.32. The van der Waals surface area contributed by atoms with Crippen molar-refractivity contribution in [3.8, 4) is 11.5 Å². The molecule has 0 unspecified atom stereocenters. The minimum atomic E-state index is -4.64. The van der Waals surface area contributed by atoms with Gasteiger partial charge in [-0.3, -0.25) is 4.74 Å². The van der Waals surface area contributed by atoms with E-state index in [0.717, 1.165) is 0 Å². The van der Waals surface area contributed by atoms with Gasteiger partial charge < -0.3 is 14.8 Å². The van der Waals surface area contributed by atoms with E-state index in [1.807, 2.05) is 0 Å². The van der Waals surface area contributed by atoms with Gasteiger partial charge >= 0.3 is 6.36 Å². The highest BCUT2D eigenvalue weighted by Gasteiger charge is 2.28. The van der Waals surface area contributed by atoms with Crippen LogP contribution in [-0.4, -0.2) is 33.7 Å². The number of alkyl halides is 3. The molecule has 1 N–H and O–H groups in total. The van der Waals surface area contributed by atoms with Gasteiger partial charge in [0.15, 0.2) is 0 Å². The van der Waals surface area contributed by atoms with E-state index < -0.39 is 13.0 Å². The lowest BCUT2D eigenvalue weighted by atomic mass is 10.2.